The molecule has 2 aromatic heterocycles. The molecule has 0 amide bonds. The van der Waals surface area contributed by atoms with E-state index in [-0.39, 0.29) is 5.56 Å². The molecule has 0 bridgehead atoms. The molecule has 0 spiro atoms. The number of likely N-dealkylation sites (tertiary alicyclic amines) is 1. The van der Waals surface area contributed by atoms with Gasteiger partial charge in [0.2, 0.25) is 5.95 Å². The Bertz CT molecular complexity index is 1520. The molecule has 39 heavy (non-hydrogen) atoms. The Balaban J connectivity index is 1.30. The number of nitrogens with one attached hydrogen (secondary N) is 1. The van der Waals surface area contributed by atoms with Gasteiger partial charge in [0.05, 0.1) is 0 Å². The lowest BCUT2D eigenvalue weighted by Gasteiger charge is -2.34. The van der Waals surface area contributed by atoms with Gasteiger partial charge in [-0.05, 0) is 81.9 Å². The molecule has 2 aliphatic heterocycles. The molecule has 2 aromatic carbocycles. The summed E-state index contributed by atoms with van der Waals surface area (Å²) in [6.45, 7) is 7.84. The Kier molecular flexibility index (Phi) is 7.06. The Morgan fingerprint density at radius 2 is 1.72 bits per heavy atom. The van der Waals surface area contributed by atoms with Crippen molar-refractivity contribution in [2.45, 2.75) is 32.4 Å². The summed E-state index contributed by atoms with van der Waals surface area (Å²) in [6, 6.07) is 19.0. The van der Waals surface area contributed by atoms with Gasteiger partial charge in [0, 0.05) is 67.3 Å². The third-order valence-electron chi connectivity index (χ3n) is 8.27. The van der Waals surface area contributed by atoms with E-state index in [2.05, 4.69) is 81.6 Å². The van der Waals surface area contributed by atoms with E-state index in [1.54, 1.807) is 4.57 Å². The molecule has 4 heterocycles. The molecule has 1 unspecified atom stereocenters. The molecule has 1 N–H and O–H groups in total. The molecule has 8 heteroatoms. The maximum atomic E-state index is 13.8. The van der Waals surface area contributed by atoms with E-state index in [0.29, 0.717) is 29.7 Å². The topological polar surface area (TPSA) is 69.5 Å². The predicted molar refractivity (Wildman–Crippen MR) is 159 cm³/mol. The number of aryl methyl sites for hydroxylation is 1. The van der Waals surface area contributed by atoms with Gasteiger partial charge in [-0.1, -0.05) is 24.3 Å². The fourth-order valence-electron chi connectivity index (χ4n) is 5.99. The lowest BCUT2D eigenvalue weighted by Crippen LogP contribution is -2.44. The highest BCUT2D eigenvalue weighted by molar-refractivity contribution is 5.83. The quantitative estimate of drug-likeness (QED) is 0.391. The van der Waals surface area contributed by atoms with Crippen molar-refractivity contribution in [1.29, 1.82) is 0 Å². The molecule has 0 saturated carbocycles. The first-order valence-electron chi connectivity index (χ1n) is 14.0. The van der Waals surface area contributed by atoms with Crippen molar-refractivity contribution < 1.29 is 0 Å². The molecule has 1 atom stereocenters. The van der Waals surface area contributed by atoms with Crippen LogP contribution in [0.5, 0.6) is 0 Å². The largest absolute Gasteiger partial charge is 0.369 e. The number of nitrogens with zero attached hydrogens (tertiary/aromatic N) is 6. The van der Waals surface area contributed by atoms with E-state index in [9.17, 15) is 4.79 Å². The minimum atomic E-state index is -0.0146. The molecule has 202 valence electrons. The van der Waals surface area contributed by atoms with Crippen molar-refractivity contribution in [2.24, 2.45) is 0 Å². The highest BCUT2D eigenvalue weighted by Gasteiger charge is 2.26. The number of benzene rings is 2. The van der Waals surface area contributed by atoms with E-state index < -0.39 is 0 Å². The average molecular weight is 524 g/mol. The number of hydrogen-bond donors (Lipinski definition) is 1. The lowest BCUT2D eigenvalue weighted by atomic mass is 9.94. The molecular formula is C31H37N7O. The van der Waals surface area contributed by atoms with Crippen LogP contribution < -0.4 is 15.8 Å². The Morgan fingerprint density at radius 3 is 2.44 bits per heavy atom. The lowest BCUT2D eigenvalue weighted by molar-refractivity contribution is 0.313. The van der Waals surface area contributed by atoms with Crippen LogP contribution in [0.1, 0.15) is 31.4 Å². The van der Waals surface area contributed by atoms with Gasteiger partial charge in [0.25, 0.3) is 5.56 Å². The molecule has 4 aromatic rings. The number of likely N-dealkylation sites (N-methyl/N-ethyl adjacent to an activating group) is 1. The molecule has 2 saturated heterocycles. The fourth-order valence-corrected chi connectivity index (χ4v) is 5.99. The van der Waals surface area contributed by atoms with Crippen LogP contribution in [0, 0.1) is 0 Å². The number of pyridine rings is 1. The van der Waals surface area contributed by atoms with Crippen molar-refractivity contribution >= 4 is 28.4 Å². The highest BCUT2D eigenvalue weighted by Crippen LogP contribution is 2.36. The van der Waals surface area contributed by atoms with Crippen molar-refractivity contribution in [3.63, 3.8) is 0 Å². The van der Waals surface area contributed by atoms with E-state index in [1.807, 2.05) is 25.3 Å². The van der Waals surface area contributed by atoms with Crippen LogP contribution in [0.3, 0.4) is 0 Å². The summed E-state index contributed by atoms with van der Waals surface area (Å²) in [7, 11) is 4.34. The van der Waals surface area contributed by atoms with Crippen LogP contribution in [0.15, 0.2) is 65.6 Å². The Labute approximate surface area is 229 Å². The minimum absolute atomic E-state index is 0.0146. The van der Waals surface area contributed by atoms with Crippen LogP contribution in [0.25, 0.3) is 22.2 Å². The summed E-state index contributed by atoms with van der Waals surface area (Å²) in [5.74, 6) is 0.483. The molecule has 0 aliphatic carbocycles. The monoisotopic (exact) mass is 523 g/mol. The molecule has 8 nitrogen and oxygen atoms in total. The SMILES string of the molecule is CCn1c(=O)c(-c2ccccc2C2CCCN2C)cc2cnc(Nc3ccc(N4CCN(C)CC4)cc3)nc21. The van der Waals surface area contributed by atoms with Gasteiger partial charge in [0.1, 0.15) is 5.65 Å². The van der Waals surface area contributed by atoms with Crippen LogP contribution in [-0.2, 0) is 6.54 Å². The van der Waals surface area contributed by atoms with Crippen molar-refractivity contribution in [2.75, 3.05) is 57.0 Å². The predicted octanol–water partition coefficient (Wildman–Crippen LogP) is 4.74. The van der Waals surface area contributed by atoms with Crippen LogP contribution in [0.4, 0.5) is 17.3 Å². The van der Waals surface area contributed by atoms with Gasteiger partial charge in [0.15, 0.2) is 0 Å². The summed E-state index contributed by atoms with van der Waals surface area (Å²) in [5, 5.41) is 4.19. The zero-order valence-electron chi connectivity index (χ0n) is 23.1. The number of fused-ring (bicyclic) bond motifs is 1. The first kappa shape index (κ1) is 25.5. The van der Waals surface area contributed by atoms with Gasteiger partial charge in [-0.15, -0.1) is 0 Å². The summed E-state index contributed by atoms with van der Waals surface area (Å²) < 4.78 is 1.77. The molecule has 0 radical (unpaired) electrons. The van der Waals surface area contributed by atoms with Gasteiger partial charge in [-0.3, -0.25) is 14.3 Å². The second kappa shape index (κ2) is 10.8. The number of hydrogen-bond acceptors (Lipinski definition) is 7. The molecular weight excluding hydrogens is 486 g/mol. The molecule has 2 aliphatic rings. The van der Waals surface area contributed by atoms with Gasteiger partial charge in [-0.2, -0.15) is 4.98 Å². The summed E-state index contributed by atoms with van der Waals surface area (Å²) >= 11 is 0. The third-order valence-corrected chi connectivity index (χ3v) is 8.27. The third kappa shape index (κ3) is 5.02. The van der Waals surface area contributed by atoms with Crippen molar-refractivity contribution in [1.82, 2.24) is 24.3 Å². The second-order valence-corrected chi connectivity index (χ2v) is 10.8. The summed E-state index contributed by atoms with van der Waals surface area (Å²) in [6.07, 6.45) is 4.11. The summed E-state index contributed by atoms with van der Waals surface area (Å²) in [4.78, 5) is 30.4. The number of anilines is 3. The van der Waals surface area contributed by atoms with Crippen LogP contribution in [-0.4, -0.2) is 71.2 Å². The number of piperazine rings is 1. The normalized spacial score (nSPS) is 18.6. The standard InChI is InChI=1S/C31H37N7O/c1-4-38-29-22(20-27(30(38)39)25-8-5-6-9-26(25)28-10-7-15-36(28)3)21-32-31(34-29)33-23-11-13-24(14-12-23)37-18-16-35(2)17-19-37/h5-6,8-9,11-14,20-21,28H,4,7,10,15-19H2,1-3H3,(H,32,33,34). The average Bonchev–Trinajstić information content (AvgIpc) is 3.39. The minimum Gasteiger partial charge on any atom is -0.369 e. The van der Waals surface area contributed by atoms with Crippen molar-refractivity contribution in [3.8, 4) is 11.1 Å². The maximum absolute atomic E-state index is 13.8. The smallest absolute Gasteiger partial charge is 0.260 e. The molecule has 6 rings (SSSR count). The zero-order valence-corrected chi connectivity index (χ0v) is 23.1. The molecule has 2 fully saturated rings. The second-order valence-electron chi connectivity index (χ2n) is 10.8. The van der Waals surface area contributed by atoms with E-state index in [4.69, 9.17) is 4.98 Å². The number of aromatic nitrogens is 3. The summed E-state index contributed by atoms with van der Waals surface area (Å²) in [5.41, 5.74) is 5.72. The van der Waals surface area contributed by atoms with Gasteiger partial charge >= 0.3 is 0 Å². The van der Waals surface area contributed by atoms with E-state index in [0.717, 1.165) is 55.8 Å². The van der Waals surface area contributed by atoms with Crippen LogP contribution >= 0.6 is 0 Å². The fraction of sp³-hybridized carbons (Fsp3) is 0.387. The highest BCUT2D eigenvalue weighted by atomic mass is 16.1. The Hall–Kier alpha value is -3.75. The Morgan fingerprint density at radius 1 is 0.949 bits per heavy atom. The van der Waals surface area contributed by atoms with Crippen LogP contribution in [0.2, 0.25) is 0 Å². The first-order chi connectivity index (χ1) is 19.0. The zero-order chi connectivity index (χ0) is 26.9. The first-order valence-corrected chi connectivity index (χ1v) is 14.0. The van der Waals surface area contributed by atoms with E-state index in [1.165, 1.54) is 17.7 Å². The van der Waals surface area contributed by atoms with Gasteiger partial charge in [-0.25, -0.2) is 4.98 Å². The maximum Gasteiger partial charge on any atom is 0.260 e. The van der Waals surface area contributed by atoms with E-state index >= 15 is 0 Å². The number of rotatable bonds is 6. The van der Waals surface area contributed by atoms with Gasteiger partial charge < -0.3 is 15.1 Å². The van der Waals surface area contributed by atoms with Crippen molar-refractivity contribution in [3.05, 3.63) is 76.7 Å².